The Labute approximate surface area is 153 Å². The highest BCUT2D eigenvalue weighted by Gasteiger charge is 2.33. The molecule has 0 saturated heterocycles. The zero-order chi connectivity index (χ0) is 18.7. The van der Waals surface area contributed by atoms with Crippen LogP contribution < -0.4 is 14.8 Å². The van der Waals surface area contributed by atoms with E-state index < -0.39 is 5.41 Å². The number of hydrogen-bond acceptors (Lipinski definition) is 3. The fraction of sp³-hybridized carbons (Fsp3) is 0.286. The van der Waals surface area contributed by atoms with Gasteiger partial charge in [0.25, 0.3) is 0 Å². The van der Waals surface area contributed by atoms with Crippen LogP contribution >= 0.6 is 0 Å². The number of para-hydroxylation sites is 2. The van der Waals surface area contributed by atoms with E-state index >= 15 is 0 Å². The van der Waals surface area contributed by atoms with Crippen LogP contribution in [0, 0.1) is 0 Å². The maximum atomic E-state index is 13.1. The Balaban J connectivity index is 1.94. The summed E-state index contributed by atoms with van der Waals surface area (Å²) < 4.78 is 10.9. The highest BCUT2D eigenvalue weighted by Crippen LogP contribution is 2.34. The number of aromatic amines is 1. The van der Waals surface area contributed by atoms with E-state index in [9.17, 15) is 4.79 Å². The number of amides is 1. The smallest absolute Gasteiger partial charge is 0.234 e. The number of nitrogens with one attached hydrogen (secondary N) is 2. The molecule has 0 spiro atoms. The molecular weight excluding hydrogens is 328 g/mol. The van der Waals surface area contributed by atoms with Crippen LogP contribution in [0.1, 0.15) is 26.3 Å². The molecule has 0 saturated carbocycles. The molecule has 0 aliphatic rings. The fourth-order valence-electron chi connectivity index (χ4n) is 3.00. The van der Waals surface area contributed by atoms with E-state index in [2.05, 4.69) is 10.3 Å². The van der Waals surface area contributed by atoms with Gasteiger partial charge in [-0.15, -0.1) is 0 Å². The highest BCUT2D eigenvalue weighted by atomic mass is 16.5. The first-order valence-electron chi connectivity index (χ1n) is 8.66. The Morgan fingerprint density at radius 3 is 2.69 bits per heavy atom. The first-order valence-corrected chi connectivity index (χ1v) is 8.66. The minimum atomic E-state index is -0.746. The van der Waals surface area contributed by atoms with Crippen LogP contribution in [0.4, 0.5) is 5.69 Å². The molecule has 0 radical (unpaired) electrons. The Morgan fingerprint density at radius 1 is 1.19 bits per heavy atom. The number of anilines is 1. The van der Waals surface area contributed by atoms with Crippen molar-refractivity contribution in [1.82, 2.24) is 4.98 Å². The van der Waals surface area contributed by atoms with Gasteiger partial charge in [-0.3, -0.25) is 4.79 Å². The number of carbonyl (C=O) groups excluding carboxylic acids is 1. The minimum Gasteiger partial charge on any atom is -0.497 e. The van der Waals surface area contributed by atoms with Crippen molar-refractivity contribution in [3.8, 4) is 11.5 Å². The van der Waals surface area contributed by atoms with E-state index in [0.717, 1.165) is 22.2 Å². The summed E-state index contributed by atoms with van der Waals surface area (Å²) in [6, 6.07) is 13.3. The van der Waals surface area contributed by atoms with Gasteiger partial charge in [-0.05, 0) is 56.7 Å². The van der Waals surface area contributed by atoms with E-state index in [4.69, 9.17) is 9.47 Å². The van der Waals surface area contributed by atoms with Crippen molar-refractivity contribution in [3.05, 3.63) is 54.2 Å². The van der Waals surface area contributed by atoms with Crippen LogP contribution in [-0.2, 0) is 10.2 Å². The van der Waals surface area contributed by atoms with Crippen molar-refractivity contribution in [2.45, 2.75) is 26.2 Å². The first-order chi connectivity index (χ1) is 12.5. The summed E-state index contributed by atoms with van der Waals surface area (Å²) in [6.45, 7) is 6.28. The van der Waals surface area contributed by atoms with Crippen LogP contribution in [0.3, 0.4) is 0 Å². The maximum absolute atomic E-state index is 13.1. The van der Waals surface area contributed by atoms with Crippen molar-refractivity contribution < 1.29 is 14.3 Å². The number of carbonyl (C=O) groups is 1. The molecule has 0 aliphatic heterocycles. The van der Waals surface area contributed by atoms with Crippen LogP contribution in [0.5, 0.6) is 11.5 Å². The zero-order valence-electron chi connectivity index (χ0n) is 15.6. The molecule has 1 amide bonds. The molecule has 2 aromatic carbocycles. The molecule has 26 heavy (non-hydrogen) atoms. The lowest BCUT2D eigenvalue weighted by Gasteiger charge is -2.24. The topological polar surface area (TPSA) is 63.3 Å². The van der Waals surface area contributed by atoms with Gasteiger partial charge in [0, 0.05) is 17.1 Å². The Hall–Kier alpha value is -2.95. The number of H-pyrrole nitrogens is 1. The predicted molar refractivity (Wildman–Crippen MR) is 104 cm³/mol. The molecule has 0 bridgehead atoms. The molecule has 3 rings (SSSR count). The summed E-state index contributed by atoms with van der Waals surface area (Å²) in [7, 11) is 1.63. The van der Waals surface area contributed by atoms with Crippen molar-refractivity contribution in [2.24, 2.45) is 0 Å². The Kier molecular flexibility index (Phi) is 4.89. The second-order valence-corrected chi connectivity index (χ2v) is 6.62. The van der Waals surface area contributed by atoms with Gasteiger partial charge in [0.1, 0.15) is 11.5 Å². The van der Waals surface area contributed by atoms with E-state index in [1.54, 1.807) is 7.11 Å². The number of benzene rings is 2. The van der Waals surface area contributed by atoms with Crippen molar-refractivity contribution >= 4 is 22.5 Å². The van der Waals surface area contributed by atoms with Gasteiger partial charge in [-0.2, -0.15) is 0 Å². The van der Waals surface area contributed by atoms with Gasteiger partial charge >= 0.3 is 0 Å². The number of ether oxygens (including phenoxy) is 2. The van der Waals surface area contributed by atoms with Crippen molar-refractivity contribution in [2.75, 3.05) is 19.0 Å². The molecule has 5 heteroatoms. The molecule has 5 nitrogen and oxygen atoms in total. The summed E-state index contributed by atoms with van der Waals surface area (Å²) in [5.74, 6) is 1.32. The normalized spacial score (nSPS) is 11.4. The molecule has 0 aliphatic carbocycles. The second-order valence-electron chi connectivity index (χ2n) is 6.62. The van der Waals surface area contributed by atoms with Gasteiger partial charge in [-0.25, -0.2) is 0 Å². The maximum Gasteiger partial charge on any atom is 0.234 e. The average molecular weight is 352 g/mol. The lowest BCUT2D eigenvalue weighted by Crippen LogP contribution is -2.34. The van der Waals surface area contributed by atoms with Crippen LogP contribution in [0.2, 0.25) is 0 Å². The lowest BCUT2D eigenvalue weighted by atomic mass is 9.83. The van der Waals surface area contributed by atoms with E-state index in [1.807, 2.05) is 69.4 Å². The summed E-state index contributed by atoms with van der Waals surface area (Å²) in [4.78, 5) is 16.3. The molecule has 2 N–H and O–H groups in total. The Bertz CT molecular complexity index is 928. The average Bonchev–Trinajstić information content (AvgIpc) is 3.07. The van der Waals surface area contributed by atoms with E-state index in [-0.39, 0.29) is 5.91 Å². The molecule has 1 aromatic heterocycles. The third-order valence-electron chi connectivity index (χ3n) is 4.57. The third-order valence-corrected chi connectivity index (χ3v) is 4.57. The standard InChI is InChI=1S/C21H24N2O3/c1-5-26-19-9-7-6-8-18(19)23-20(24)21(2,3)16-13-22-17-11-10-14(25-4)12-15(16)17/h6-13,22H,5H2,1-4H3,(H,23,24). The summed E-state index contributed by atoms with van der Waals surface area (Å²) in [6.07, 6.45) is 1.89. The fourth-order valence-corrected chi connectivity index (χ4v) is 3.00. The van der Waals surface area contributed by atoms with Gasteiger partial charge in [0.15, 0.2) is 0 Å². The van der Waals surface area contributed by atoms with Crippen molar-refractivity contribution in [3.63, 3.8) is 0 Å². The highest BCUT2D eigenvalue weighted by molar-refractivity contribution is 6.02. The summed E-state index contributed by atoms with van der Waals surface area (Å²) in [5, 5.41) is 3.98. The van der Waals surface area contributed by atoms with Gasteiger partial charge in [0.05, 0.1) is 24.8 Å². The number of hydrogen-bond donors (Lipinski definition) is 2. The number of aromatic nitrogens is 1. The van der Waals surface area contributed by atoms with Crippen molar-refractivity contribution in [1.29, 1.82) is 0 Å². The molecular formula is C21H24N2O3. The number of methoxy groups -OCH3 is 1. The van der Waals surface area contributed by atoms with Crippen LogP contribution in [0.25, 0.3) is 10.9 Å². The molecule has 0 unspecified atom stereocenters. The van der Waals surface area contributed by atoms with E-state index in [1.165, 1.54) is 0 Å². The molecule has 136 valence electrons. The van der Waals surface area contributed by atoms with Gasteiger partial charge in [0.2, 0.25) is 5.91 Å². The second kappa shape index (κ2) is 7.12. The van der Waals surface area contributed by atoms with Crippen LogP contribution in [-0.4, -0.2) is 24.6 Å². The molecule has 1 heterocycles. The molecule has 3 aromatic rings. The predicted octanol–water partition coefficient (Wildman–Crippen LogP) is 4.49. The largest absolute Gasteiger partial charge is 0.497 e. The minimum absolute atomic E-state index is 0.103. The van der Waals surface area contributed by atoms with E-state index in [0.29, 0.717) is 18.0 Å². The number of fused-ring (bicyclic) bond motifs is 1. The summed E-state index contributed by atoms with van der Waals surface area (Å²) in [5.41, 5.74) is 1.81. The molecule has 0 atom stereocenters. The first kappa shape index (κ1) is 17.9. The third kappa shape index (κ3) is 3.25. The van der Waals surface area contributed by atoms with Gasteiger partial charge in [-0.1, -0.05) is 12.1 Å². The van der Waals surface area contributed by atoms with Gasteiger partial charge < -0.3 is 19.8 Å². The lowest BCUT2D eigenvalue weighted by molar-refractivity contribution is -0.120. The monoisotopic (exact) mass is 352 g/mol. The quantitative estimate of drug-likeness (QED) is 0.687. The molecule has 0 fully saturated rings. The van der Waals surface area contributed by atoms with Crippen LogP contribution in [0.15, 0.2) is 48.7 Å². The SMILES string of the molecule is CCOc1ccccc1NC(=O)C(C)(C)c1c[nH]c2ccc(OC)cc12. The summed E-state index contributed by atoms with van der Waals surface area (Å²) >= 11 is 0. The Morgan fingerprint density at radius 2 is 1.96 bits per heavy atom. The zero-order valence-corrected chi connectivity index (χ0v) is 15.6. The number of rotatable bonds is 6.